The van der Waals surface area contributed by atoms with E-state index in [0.29, 0.717) is 5.56 Å². The van der Waals surface area contributed by atoms with Gasteiger partial charge in [0, 0.05) is 0 Å². The number of aromatic nitrogens is 1. The molecule has 4 heteroatoms. The van der Waals surface area contributed by atoms with Crippen LogP contribution in [0.3, 0.4) is 0 Å². The predicted molar refractivity (Wildman–Crippen MR) is 170 cm³/mol. The molecule has 2 aromatic heterocycles. The molecule has 3 nitrogen and oxygen atoms in total. The van der Waals surface area contributed by atoms with Gasteiger partial charge in [0.2, 0.25) is 0 Å². The summed E-state index contributed by atoms with van der Waals surface area (Å²) in [5.74, 6) is 0. The van der Waals surface area contributed by atoms with E-state index in [0.717, 1.165) is 49.9 Å². The SMILES string of the molecule is N#Cc1ccc2c(oc3c(-c4cc5[c](cn4)[Ge]4([CH2]CC[CH2]4)[CH2]CC5)cccc32)c1-c1ccc(-c2ccccc2)cc1. The Morgan fingerprint density at radius 3 is 2.24 bits per heavy atom. The van der Waals surface area contributed by atoms with Gasteiger partial charge in [0.15, 0.2) is 0 Å². The maximum absolute atomic E-state index is 10.1. The van der Waals surface area contributed by atoms with Crippen molar-refractivity contribution in [2.24, 2.45) is 0 Å². The number of rotatable bonds is 3. The third-order valence-corrected chi connectivity index (χ3v) is 21.2. The van der Waals surface area contributed by atoms with Gasteiger partial charge < -0.3 is 0 Å². The number of fused-ring (bicyclic) bond motifs is 5. The standard InChI is InChI=1S/C37H30GeN2O/c39-23-29-17-18-31-30-11-6-12-32(34-22-28-10-7-21-38(19-4-5-20-38)33(28)24-40-34)36(30)41-37(31)35(29)27-15-13-26(14-16-27)25-8-2-1-3-9-25/h1-3,6,8-9,11-18,22,24H,4-5,7,10,19-21H2. The molecule has 0 aliphatic carbocycles. The van der Waals surface area contributed by atoms with Gasteiger partial charge in [-0.05, 0) is 11.1 Å². The van der Waals surface area contributed by atoms with E-state index in [4.69, 9.17) is 9.40 Å². The van der Waals surface area contributed by atoms with Crippen molar-refractivity contribution in [3.63, 3.8) is 0 Å². The predicted octanol–water partition coefficient (Wildman–Crippen LogP) is 9.25. The summed E-state index contributed by atoms with van der Waals surface area (Å²) < 4.78 is 8.41. The first-order valence-electron chi connectivity index (χ1n) is 14.8. The molecule has 0 saturated carbocycles. The van der Waals surface area contributed by atoms with E-state index < -0.39 is 13.3 Å². The van der Waals surface area contributed by atoms with Crippen LogP contribution in [0.2, 0.25) is 15.8 Å². The Morgan fingerprint density at radius 2 is 1.44 bits per heavy atom. The Balaban J connectivity index is 1.27. The number of furan rings is 1. The normalized spacial score (nSPS) is 15.8. The first-order chi connectivity index (χ1) is 20.2. The number of pyridine rings is 1. The zero-order valence-electron chi connectivity index (χ0n) is 23.0. The van der Waals surface area contributed by atoms with Crippen LogP contribution in [-0.2, 0) is 6.42 Å². The van der Waals surface area contributed by atoms with Crippen LogP contribution >= 0.6 is 0 Å². The van der Waals surface area contributed by atoms with Crippen LogP contribution in [0.1, 0.15) is 30.4 Å². The van der Waals surface area contributed by atoms with Gasteiger partial charge in [0.1, 0.15) is 0 Å². The third-order valence-electron chi connectivity index (χ3n) is 9.57. The number of para-hydroxylation sites is 1. The first kappa shape index (κ1) is 24.6. The van der Waals surface area contributed by atoms with Gasteiger partial charge >= 0.3 is 202 Å². The van der Waals surface area contributed by atoms with Crippen molar-refractivity contribution in [3.8, 4) is 39.6 Å². The van der Waals surface area contributed by atoms with E-state index in [1.165, 1.54) is 47.0 Å². The molecule has 0 bridgehead atoms. The van der Waals surface area contributed by atoms with Crippen molar-refractivity contribution in [2.75, 3.05) is 0 Å². The average molecular weight is 591 g/mol. The zero-order valence-corrected chi connectivity index (χ0v) is 25.1. The maximum atomic E-state index is 10.1. The van der Waals surface area contributed by atoms with Crippen LogP contribution in [-0.4, -0.2) is 18.3 Å². The molecule has 0 amide bonds. The summed E-state index contributed by atoms with van der Waals surface area (Å²) in [7, 11) is 0. The van der Waals surface area contributed by atoms with Crippen molar-refractivity contribution in [3.05, 3.63) is 108 Å². The van der Waals surface area contributed by atoms with E-state index in [-0.39, 0.29) is 0 Å². The van der Waals surface area contributed by atoms with Gasteiger partial charge in [-0.3, -0.25) is 0 Å². The Kier molecular flexibility index (Phi) is 5.86. The molecule has 2 aliphatic heterocycles. The van der Waals surface area contributed by atoms with Gasteiger partial charge in [-0.15, -0.1) is 0 Å². The van der Waals surface area contributed by atoms with Crippen LogP contribution < -0.4 is 4.40 Å². The number of aryl methyl sites for hydroxylation is 1. The summed E-state index contributed by atoms with van der Waals surface area (Å²) in [6.07, 6.45) is 7.60. The van der Waals surface area contributed by atoms with E-state index in [1.54, 1.807) is 9.96 Å². The number of nitrogens with zero attached hydrogens (tertiary/aromatic N) is 2. The van der Waals surface area contributed by atoms with Crippen molar-refractivity contribution in [2.45, 2.75) is 41.4 Å². The van der Waals surface area contributed by atoms with Gasteiger partial charge in [-0.2, -0.15) is 0 Å². The monoisotopic (exact) mass is 592 g/mol. The third kappa shape index (κ3) is 3.96. The second-order valence-corrected chi connectivity index (χ2v) is 21.4. The first-order valence-corrected chi connectivity index (χ1v) is 20.3. The van der Waals surface area contributed by atoms with Crippen LogP contribution in [0, 0.1) is 11.3 Å². The second kappa shape index (κ2) is 9.75. The summed E-state index contributed by atoms with van der Waals surface area (Å²) in [6, 6.07) is 33.9. The van der Waals surface area contributed by atoms with E-state index in [9.17, 15) is 5.26 Å². The Morgan fingerprint density at radius 1 is 0.707 bits per heavy atom. The number of hydrogen-bond donors (Lipinski definition) is 0. The van der Waals surface area contributed by atoms with Gasteiger partial charge in [-0.1, -0.05) is 30.3 Å². The van der Waals surface area contributed by atoms with Crippen molar-refractivity contribution in [1.82, 2.24) is 4.98 Å². The molecule has 0 unspecified atom stereocenters. The Labute approximate surface area is 242 Å². The molecule has 2 aliphatic rings. The van der Waals surface area contributed by atoms with E-state index in [2.05, 4.69) is 85.1 Å². The molecule has 4 aromatic carbocycles. The van der Waals surface area contributed by atoms with Gasteiger partial charge in [0.05, 0.1) is 0 Å². The fourth-order valence-corrected chi connectivity index (χ4v) is 19.1. The molecular formula is C37H30GeN2O. The number of hydrogen-bond acceptors (Lipinski definition) is 3. The molecule has 1 saturated heterocycles. The number of nitriles is 1. The number of benzene rings is 4. The van der Waals surface area contributed by atoms with Crippen LogP contribution in [0.15, 0.2) is 102 Å². The summed E-state index contributed by atoms with van der Waals surface area (Å²) in [5, 5.41) is 16.6. The summed E-state index contributed by atoms with van der Waals surface area (Å²) in [4.78, 5) is 5.09. The van der Waals surface area contributed by atoms with Gasteiger partial charge in [-0.25, -0.2) is 0 Å². The topological polar surface area (TPSA) is 49.8 Å². The summed E-state index contributed by atoms with van der Waals surface area (Å²) >= 11 is -1.93. The molecule has 1 fully saturated rings. The second-order valence-electron chi connectivity index (χ2n) is 11.8. The molecule has 4 heterocycles. The fraction of sp³-hybridized carbons (Fsp3) is 0.189. The van der Waals surface area contributed by atoms with Crippen molar-refractivity contribution >= 4 is 39.6 Å². The van der Waals surface area contributed by atoms with Crippen LogP contribution in [0.4, 0.5) is 0 Å². The summed E-state index contributed by atoms with van der Waals surface area (Å²) in [5.41, 5.74) is 9.95. The van der Waals surface area contributed by atoms with Crippen LogP contribution in [0.5, 0.6) is 0 Å². The molecule has 41 heavy (non-hydrogen) atoms. The van der Waals surface area contributed by atoms with Crippen LogP contribution in [0.25, 0.3) is 55.4 Å². The van der Waals surface area contributed by atoms with Crippen molar-refractivity contribution in [1.29, 1.82) is 5.26 Å². The quantitative estimate of drug-likeness (QED) is 0.193. The summed E-state index contributed by atoms with van der Waals surface area (Å²) in [6.45, 7) is 0. The molecule has 1 spiro atoms. The average Bonchev–Trinajstić information content (AvgIpc) is 3.66. The molecule has 0 radical (unpaired) electrons. The molecule has 0 atom stereocenters. The molecule has 0 N–H and O–H groups in total. The minimum atomic E-state index is -1.93. The molecule has 198 valence electrons. The Bertz CT molecular complexity index is 1980. The zero-order chi connectivity index (χ0) is 27.4. The van der Waals surface area contributed by atoms with Crippen molar-refractivity contribution < 1.29 is 4.42 Å². The Hall–Kier alpha value is -4.14. The van der Waals surface area contributed by atoms with E-state index in [1.807, 2.05) is 18.2 Å². The molecular weight excluding hydrogens is 561 g/mol. The van der Waals surface area contributed by atoms with Gasteiger partial charge in [0.25, 0.3) is 0 Å². The van der Waals surface area contributed by atoms with E-state index >= 15 is 0 Å². The molecule has 8 rings (SSSR count). The fourth-order valence-electron chi connectivity index (χ4n) is 7.56. The molecule has 6 aromatic rings. The minimum absolute atomic E-state index is 0.617.